The second-order valence-corrected chi connectivity index (χ2v) is 8.01. The zero-order valence-electron chi connectivity index (χ0n) is 12.6. The van der Waals surface area contributed by atoms with Crippen molar-refractivity contribution in [3.05, 3.63) is 0 Å². The van der Waals surface area contributed by atoms with Crippen LogP contribution in [0.5, 0.6) is 0 Å². The molecule has 2 aliphatic carbocycles. The highest BCUT2D eigenvalue weighted by Gasteiger charge is 2.48. The summed E-state index contributed by atoms with van der Waals surface area (Å²) < 4.78 is 0. The Morgan fingerprint density at radius 3 is 2.44 bits per heavy atom. The summed E-state index contributed by atoms with van der Waals surface area (Å²) >= 11 is 0. The van der Waals surface area contributed by atoms with Crippen molar-refractivity contribution in [1.82, 2.24) is 10.2 Å². The Kier molecular flexibility index (Phi) is 3.22. The van der Waals surface area contributed by atoms with E-state index in [0.717, 1.165) is 29.8 Å². The Morgan fingerprint density at radius 2 is 1.94 bits per heavy atom. The molecule has 3 unspecified atom stereocenters. The average molecular weight is 250 g/mol. The molecule has 0 aromatic rings. The third-order valence-corrected chi connectivity index (χ3v) is 5.62. The molecule has 1 N–H and O–H groups in total. The predicted molar refractivity (Wildman–Crippen MR) is 76.6 cm³/mol. The summed E-state index contributed by atoms with van der Waals surface area (Å²) in [4.78, 5) is 2.82. The average Bonchev–Trinajstić information content (AvgIpc) is 3.17. The van der Waals surface area contributed by atoms with Gasteiger partial charge in [-0.2, -0.15) is 0 Å². The number of hydrogen-bond acceptors (Lipinski definition) is 2. The first-order chi connectivity index (χ1) is 8.47. The number of nitrogens with one attached hydrogen (secondary N) is 1. The van der Waals surface area contributed by atoms with Crippen molar-refractivity contribution >= 4 is 0 Å². The molecular weight excluding hydrogens is 220 g/mol. The van der Waals surface area contributed by atoms with Gasteiger partial charge in [0, 0.05) is 31.7 Å². The lowest BCUT2D eigenvalue weighted by atomic mass is 9.96. The van der Waals surface area contributed by atoms with E-state index in [9.17, 15) is 0 Å². The first kappa shape index (κ1) is 12.9. The standard InChI is InChI=1S/C16H30N2/c1-11(2)15-8-17-14(12-5-6-12)10-18(15)9-13-7-16(13,3)4/h11-15,17H,5-10H2,1-4H3. The lowest BCUT2D eigenvalue weighted by molar-refractivity contribution is 0.0841. The summed E-state index contributed by atoms with van der Waals surface area (Å²) in [6.07, 6.45) is 4.37. The fourth-order valence-corrected chi connectivity index (χ4v) is 3.71. The minimum atomic E-state index is 0.626. The molecule has 104 valence electrons. The fraction of sp³-hybridized carbons (Fsp3) is 1.00. The van der Waals surface area contributed by atoms with Crippen LogP contribution in [0.1, 0.15) is 47.0 Å². The molecule has 0 spiro atoms. The maximum Gasteiger partial charge on any atom is 0.0244 e. The maximum absolute atomic E-state index is 3.82. The Balaban J connectivity index is 1.61. The van der Waals surface area contributed by atoms with E-state index in [1.54, 1.807) is 0 Å². The molecule has 0 bridgehead atoms. The second kappa shape index (κ2) is 4.49. The van der Waals surface area contributed by atoms with Crippen LogP contribution in [-0.2, 0) is 0 Å². The van der Waals surface area contributed by atoms with Crippen LogP contribution < -0.4 is 5.32 Å². The van der Waals surface area contributed by atoms with E-state index in [1.807, 2.05) is 0 Å². The zero-order chi connectivity index (χ0) is 12.9. The van der Waals surface area contributed by atoms with Gasteiger partial charge in [-0.1, -0.05) is 27.7 Å². The normalized spacial score (nSPS) is 40.2. The molecule has 1 saturated heterocycles. The Labute approximate surface area is 113 Å². The van der Waals surface area contributed by atoms with E-state index in [2.05, 4.69) is 37.9 Å². The van der Waals surface area contributed by atoms with Crippen molar-refractivity contribution in [3.63, 3.8) is 0 Å². The van der Waals surface area contributed by atoms with Gasteiger partial charge in [-0.25, -0.2) is 0 Å². The molecule has 2 heteroatoms. The molecule has 1 heterocycles. The van der Waals surface area contributed by atoms with Crippen LogP contribution in [0.2, 0.25) is 0 Å². The third kappa shape index (κ3) is 2.60. The number of rotatable bonds is 4. The molecule has 2 nitrogen and oxygen atoms in total. The first-order valence-electron chi connectivity index (χ1n) is 7.95. The summed E-state index contributed by atoms with van der Waals surface area (Å²) in [5.74, 6) is 2.73. The second-order valence-electron chi connectivity index (χ2n) is 8.01. The summed E-state index contributed by atoms with van der Waals surface area (Å²) in [5.41, 5.74) is 0.626. The van der Waals surface area contributed by atoms with E-state index < -0.39 is 0 Å². The maximum atomic E-state index is 3.82. The van der Waals surface area contributed by atoms with Crippen LogP contribution in [0.15, 0.2) is 0 Å². The lowest BCUT2D eigenvalue weighted by Crippen LogP contribution is -2.59. The highest BCUT2D eigenvalue weighted by Crippen LogP contribution is 2.52. The van der Waals surface area contributed by atoms with Crippen molar-refractivity contribution in [3.8, 4) is 0 Å². The highest BCUT2D eigenvalue weighted by molar-refractivity contribution is 5.01. The third-order valence-electron chi connectivity index (χ3n) is 5.62. The number of nitrogens with zero attached hydrogens (tertiary/aromatic N) is 1. The summed E-state index contributed by atoms with van der Waals surface area (Å²) in [6, 6.07) is 1.55. The first-order valence-corrected chi connectivity index (χ1v) is 7.95. The van der Waals surface area contributed by atoms with Gasteiger partial charge in [-0.3, -0.25) is 4.90 Å². The van der Waals surface area contributed by atoms with Gasteiger partial charge >= 0.3 is 0 Å². The van der Waals surface area contributed by atoms with Crippen molar-refractivity contribution in [1.29, 1.82) is 0 Å². The summed E-state index contributed by atoms with van der Waals surface area (Å²) in [7, 11) is 0. The molecule has 0 radical (unpaired) electrons. The van der Waals surface area contributed by atoms with Crippen molar-refractivity contribution in [2.24, 2.45) is 23.2 Å². The molecule has 0 aromatic heterocycles. The van der Waals surface area contributed by atoms with Crippen LogP contribution in [0.3, 0.4) is 0 Å². The molecule has 3 fully saturated rings. The van der Waals surface area contributed by atoms with Gasteiger partial charge < -0.3 is 5.32 Å². The van der Waals surface area contributed by atoms with Crippen LogP contribution in [0.4, 0.5) is 0 Å². The van der Waals surface area contributed by atoms with Gasteiger partial charge in [0.1, 0.15) is 0 Å². The topological polar surface area (TPSA) is 15.3 Å². The van der Waals surface area contributed by atoms with Gasteiger partial charge in [0.25, 0.3) is 0 Å². The molecule has 2 saturated carbocycles. The monoisotopic (exact) mass is 250 g/mol. The van der Waals surface area contributed by atoms with Crippen LogP contribution in [0.25, 0.3) is 0 Å². The largest absolute Gasteiger partial charge is 0.311 e. The Morgan fingerprint density at radius 1 is 1.28 bits per heavy atom. The SMILES string of the molecule is CC(C)C1CNC(C2CC2)CN1CC1CC1(C)C. The molecule has 0 aromatic carbocycles. The molecule has 1 aliphatic heterocycles. The Hall–Kier alpha value is -0.0800. The summed E-state index contributed by atoms with van der Waals surface area (Å²) in [5, 5.41) is 3.82. The highest BCUT2D eigenvalue weighted by atomic mass is 15.2. The van der Waals surface area contributed by atoms with Gasteiger partial charge in [0.05, 0.1) is 0 Å². The van der Waals surface area contributed by atoms with E-state index in [0.29, 0.717) is 5.41 Å². The quantitative estimate of drug-likeness (QED) is 0.825. The van der Waals surface area contributed by atoms with Crippen LogP contribution in [-0.4, -0.2) is 36.6 Å². The van der Waals surface area contributed by atoms with Gasteiger partial charge in [-0.05, 0) is 42.4 Å². The van der Waals surface area contributed by atoms with Gasteiger partial charge in [0.15, 0.2) is 0 Å². The minimum Gasteiger partial charge on any atom is -0.311 e. The van der Waals surface area contributed by atoms with E-state index in [-0.39, 0.29) is 0 Å². The smallest absolute Gasteiger partial charge is 0.0244 e. The molecule has 3 atom stereocenters. The minimum absolute atomic E-state index is 0.626. The molecule has 18 heavy (non-hydrogen) atoms. The molecule has 3 rings (SSSR count). The van der Waals surface area contributed by atoms with E-state index >= 15 is 0 Å². The molecule has 0 amide bonds. The number of hydrogen-bond donors (Lipinski definition) is 1. The lowest BCUT2D eigenvalue weighted by Gasteiger charge is -2.43. The number of piperazine rings is 1. The van der Waals surface area contributed by atoms with E-state index in [1.165, 1.54) is 38.9 Å². The van der Waals surface area contributed by atoms with Crippen LogP contribution >= 0.6 is 0 Å². The van der Waals surface area contributed by atoms with Crippen LogP contribution in [0, 0.1) is 23.2 Å². The van der Waals surface area contributed by atoms with Crippen molar-refractivity contribution in [2.45, 2.75) is 59.0 Å². The van der Waals surface area contributed by atoms with E-state index in [4.69, 9.17) is 0 Å². The summed E-state index contributed by atoms with van der Waals surface area (Å²) in [6.45, 7) is 13.5. The predicted octanol–water partition coefficient (Wildman–Crippen LogP) is 2.74. The van der Waals surface area contributed by atoms with Gasteiger partial charge in [-0.15, -0.1) is 0 Å². The zero-order valence-corrected chi connectivity index (χ0v) is 12.6. The fourth-order valence-electron chi connectivity index (χ4n) is 3.71. The molecular formula is C16H30N2. The van der Waals surface area contributed by atoms with Crippen molar-refractivity contribution < 1.29 is 0 Å². The Bertz CT molecular complexity index is 304. The van der Waals surface area contributed by atoms with Crippen molar-refractivity contribution in [2.75, 3.05) is 19.6 Å². The van der Waals surface area contributed by atoms with Gasteiger partial charge in [0.2, 0.25) is 0 Å². The molecule has 3 aliphatic rings.